The van der Waals surface area contributed by atoms with Gasteiger partial charge in [0.25, 0.3) is 0 Å². The molecule has 1 rings (SSSR count). The van der Waals surface area contributed by atoms with Crippen LogP contribution in [-0.2, 0) is 4.79 Å². The van der Waals surface area contributed by atoms with Crippen molar-refractivity contribution in [3.63, 3.8) is 0 Å². The summed E-state index contributed by atoms with van der Waals surface area (Å²) in [6.45, 7) is -0.377. The Morgan fingerprint density at radius 1 is 1.53 bits per heavy atom. The topological polar surface area (TPSA) is 72.5 Å². The van der Waals surface area contributed by atoms with Crippen molar-refractivity contribution < 1.29 is 23.4 Å². The van der Waals surface area contributed by atoms with Crippen molar-refractivity contribution in [3.8, 4) is 5.75 Å². The normalized spacial score (nSPS) is 12.2. The van der Waals surface area contributed by atoms with E-state index in [2.05, 4.69) is 0 Å². The number of ether oxygens (including phenoxy) is 1. The van der Waals surface area contributed by atoms with Gasteiger partial charge in [0, 0.05) is 6.07 Å². The van der Waals surface area contributed by atoms with E-state index in [0.29, 0.717) is 6.07 Å². The molecule has 0 aliphatic rings. The molecule has 15 heavy (non-hydrogen) atoms. The third-order valence-electron chi connectivity index (χ3n) is 1.63. The second-order valence-electron chi connectivity index (χ2n) is 2.83. The molecule has 3 N–H and O–H groups in total. The first-order valence-corrected chi connectivity index (χ1v) is 4.07. The van der Waals surface area contributed by atoms with Crippen LogP contribution in [0.1, 0.15) is 0 Å². The molecule has 1 aromatic rings. The molecule has 0 fully saturated rings. The van der Waals surface area contributed by atoms with Gasteiger partial charge >= 0.3 is 5.97 Å². The molecule has 1 aromatic carbocycles. The van der Waals surface area contributed by atoms with Crippen molar-refractivity contribution in [2.24, 2.45) is 5.73 Å². The van der Waals surface area contributed by atoms with Gasteiger partial charge in [-0.2, -0.15) is 0 Å². The van der Waals surface area contributed by atoms with Gasteiger partial charge in [-0.25, -0.2) is 8.78 Å². The fourth-order valence-corrected chi connectivity index (χ4v) is 0.843. The van der Waals surface area contributed by atoms with Gasteiger partial charge < -0.3 is 15.6 Å². The van der Waals surface area contributed by atoms with Crippen LogP contribution >= 0.6 is 0 Å². The maximum Gasteiger partial charge on any atom is 0.324 e. The number of carboxylic acids is 1. The molecule has 0 saturated carbocycles. The zero-order valence-electron chi connectivity index (χ0n) is 7.61. The molecule has 0 amide bonds. The molecule has 0 saturated heterocycles. The van der Waals surface area contributed by atoms with Crippen molar-refractivity contribution in [1.82, 2.24) is 0 Å². The van der Waals surface area contributed by atoms with Crippen molar-refractivity contribution in [1.29, 1.82) is 0 Å². The molecule has 1 atom stereocenters. The highest BCUT2D eigenvalue weighted by molar-refractivity contribution is 5.73. The van der Waals surface area contributed by atoms with Crippen LogP contribution in [0.5, 0.6) is 5.75 Å². The van der Waals surface area contributed by atoms with Crippen molar-refractivity contribution in [2.75, 3.05) is 6.61 Å². The van der Waals surface area contributed by atoms with E-state index >= 15 is 0 Å². The molecule has 6 heteroatoms. The number of hydrogen-bond donors (Lipinski definition) is 2. The van der Waals surface area contributed by atoms with Crippen molar-refractivity contribution >= 4 is 5.97 Å². The number of nitrogens with two attached hydrogens (primary N) is 1. The first-order valence-electron chi connectivity index (χ1n) is 4.07. The molecule has 0 radical (unpaired) electrons. The van der Waals surface area contributed by atoms with Crippen molar-refractivity contribution in [3.05, 3.63) is 29.8 Å². The highest BCUT2D eigenvalue weighted by Gasteiger charge is 2.13. The van der Waals surface area contributed by atoms with Crippen LogP contribution in [0, 0.1) is 11.6 Å². The average Bonchev–Trinajstić information content (AvgIpc) is 2.15. The Balaban J connectivity index is 2.62. The molecule has 0 spiro atoms. The number of benzene rings is 1. The Hall–Kier alpha value is -1.69. The molecular formula is C9H9F2NO3. The maximum atomic E-state index is 12.9. The molecule has 0 aliphatic carbocycles. The molecule has 0 aliphatic heterocycles. The van der Waals surface area contributed by atoms with Gasteiger partial charge in [-0.1, -0.05) is 0 Å². The van der Waals surface area contributed by atoms with Gasteiger partial charge in [-0.05, 0) is 12.1 Å². The number of aliphatic carboxylic acids is 1. The Kier molecular flexibility index (Phi) is 3.56. The fraction of sp³-hybridized carbons (Fsp3) is 0.222. The summed E-state index contributed by atoms with van der Waals surface area (Å²) in [6.07, 6.45) is 0. The van der Waals surface area contributed by atoms with Crippen LogP contribution in [0.2, 0.25) is 0 Å². The first-order chi connectivity index (χ1) is 7.00. The summed E-state index contributed by atoms with van der Waals surface area (Å²) in [7, 11) is 0. The minimum absolute atomic E-state index is 0.229. The van der Waals surface area contributed by atoms with Gasteiger partial charge in [0.2, 0.25) is 0 Å². The Labute approximate surface area is 84.3 Å². The van der Waals surface area contributed by atoms with E-state index in [9.17, 15) is 13.6 Å². The van der Waals surface area contributed by atoms with Crippen molar-refractivity contribution in [2.45, 2.75) is 6.04 Å². The van der Waals surface area contributed by atoms with E-state index in [0.717, 1.165) is 12.1 Å². The number of carbonyl (C=O) groups is 1. The first kappa shape index (κ1) is 11.4. The lowest BCUT2D eigenvalue weighted by Gasteiger charge is -2.09. The van der Waals surface area contributed by atoms with E-state index < -0.39 is 23.6 Å². The number of rotatable bonds is 4. The number of hydrogen-bond acceptors (Lipinski definition) is 3. The zero-order valence-corrected chi connectivity index (χ0v) is 7.61. The van der Waals surface area contributed by atoms with E-state index in [1.807, 2.05) is 0 Å². The summed E-state index contributed by atoms with van der Waals surface area (Å²) < 4.78 is 30.2. The largest absolute Gasteiger partial charge is 0.488 e. The zero-order chi connectivity index (χ0) is 11.4. The SMILES string of the molecule is NC(COc1ccc(F)cc1F)C(=O)O. The fourth-order valence-electron chi connectivity index (χ4n) is 0.843. The van der Waals surface area contributed by atoms with Crippen LogP contribution in [0.3, 0.4) is 0 Å². The van der Waals surface area contributed by atoms with Gasteiger partial charge in [-0.3, -0.25) is 4.79 Å². The third-order valence-corrected chi connectivity index (χ3v) is 1.63. The Morgan fingerprint density at radius 2 is 2.20 bits per heavy atom. The summed E-state index contributed by atoms with van der Waals surface area (Å²) in [5.74, 6) is -3.11. The smallest absolute Gasteiger partial charge is 0.324 e. The highest BCUT2D eigenvalue weighted by atomic mass is 19.1. The molecule has 1 unspecified atom stereocenters. The summed E-state index contributed by atoms with van der Waals surface area (Å²) in [5.41, 5.74) is 5.12. The number of carboxylic acid groups (broad SMARTS) is 1. The van der Waals surface area contributed by atoms with Crippen LogP contribution in [0.4, 0.5) is 8.78 Å². The third kappa shape index (κ3) is 3.17. The van der Waals surface area contributed by atoms with Crippen LogP contribution in [0.15, 0.2) is 18.2 Å². The maximum absolute atomic E-state index is 12.9. The summed E-state index contributed by atoms with van der Waals surface area (Å²) in [4.78, 5) is 10.3. The van der Waals surface area contributed by atoms with E-state index in [-0.39, 0.29) is 12.4 Å². The van der Waals surface area contributed by atoms with Gasteiger partial charge in [0.15, 0.2) is 11.6 Å². The summed E-state index contributed by atoms with van der Waals surface area (Å²) in [6, 6.07) is 1.47. The lowest BCUT2D eigenvalue weighted by atomic mass is 10.3. The average molecular weight is 217 g/mol. The van der Waals surface area contributed by atoms with Gasteiger partial charge in [0.1, 0.15) is 18.5 Å². The molecule has 0 heterocycles. The van der Waals surface area contributed by atoms with Crippen LogP contribution < -0.4 is 10.5 Å². The predicted molar refractivity (Wildman–Crippen MR) is 47.5 cm³/mol. The minimum atomic E-state index is -1.25. The van der Waals surface area contributed by atoms with Gasteiger partial charge in [0.05, 0.1) is 0 Å². The predicted octanol–water partition coefficient (Wildman–Crippen LogP) is 0.756. The lowest BCUT2D eigenvalue weighted by Crippen LogP contribution is -2.36. The molecule has 0 bridgehead atoms. The standard InChI is InChI=1S/C9H9F2NO3/c10-5-1-2-8(6(11)3-5)15-4-7(12)9(13)14/h1-3,7H,4,12H2,(H,13,14). The Morgan fingerprint density at radius 3 is 2.73 bits per heavy atom. The lowest BCUT2D eigenvalue weighted by molar-refractivity contribution is -0.139. The molecular weight excluding hydrogens is 208 g/mol. The van der Waals surface area contributed by atoms with E-state index in [4.69, 9.17) is 15.6 Å². The van der Waals surface area contributed by atoms with Gasteiger partial charge in [-0.15, -0.1) is 0 Å². The second kappa shape index (κ2) is 4.70. The quantitative estimate of drug-likeness (QED) is 0.780. The summed E-state index contributed by atoms with van der Waals surface area (Å²) >= 11 is 0. The second-order valence-corrected chi connectivity index (χ2v) is 2.83. The minimum Gasteiger partial charge on any atom is -0.488 e. The Bertz CT molecular complexity index is 370. The van der Waals surface area contributed by atoms with Crippen LogP contribution in [-0.4, -0.2) is 23.7 Å². The van der Waals surface area contributed by atoms with E-state index in [1.165, 1.54) is 0 Å². The molecule has 0 aromatic heterocycles. The number of halogens is 2. The van der Waals surface area contributed by atoms with Crippen LogP contribution in [0.25, 0.3) is 0 Å². The molecule has 4 nitrogen and oxygen atoms in total. The highest BCUT2D eigenvalue weighted by Crippen LogP contribution is 2.17. The molecule has 82 valence electrons. The summed E-state index contributed by atoms with van der Waals surface area (Å²) in [5, 5.41) is 8.41. The monoisotopic (exact) mass is 217 g/mol. The van der Waals surface area contributed by atoms with E-state index in [1.54, 1.807) is 0 Å².